The standard InChI is InChI=1S/C25H21NO2.C4H10O.CH5N.CH2O2/c1-3-19-15(2)12-18-13-16(14-27)4-5-20(18)24(19)21-6-7-22-23-17(9-11-28-22)8-10-26-25(21)23;1-4(2,3)5;1-2;2-1-3/h4-8,10,12-14H,3,9,11H2,1-2H3;5H,1-3H3;2H2,1H3;1H,(H,2,3). The Bertz CT molecular complexity index is 1390. The lowest BCUT2D eigenvalue weighted by molar-refractivity contribution is -0.122. The smallest absolute Gasteiger partial charge is 0.290 e. The number of carboxylic acid groups (broad SMARTS) is 1. The van der Waals surface area contributed by atoms with E-state index < -0.39 is 5.60 Å². The van der Waals surface area contributed by atoms with E-state index in [4.69, 9.17) is 24.7 Å². The van der Waals surface area contributed by atoms with E-state index in [2.05, 4.69) is 49.9 Å². The molecular weight excluding hydrogens is 480 g/mol. The van der Waals surface area contributed by atoms with E-state index in [9.17, 15) is 4.79 Å². The summed E-state index contributed by atoms with van der Waals surface area (Å²) in [5.74, 6) is 0.923. The Morgan fingerprint density at radius 1 is 1.08 bits per heavy atom. The summed E-state index contributed by atoms with van der Waals surface area (Å²) >= 11 is 0. The highest BCUT2D eigenvalue weighted by Crippen LogP contribution is 2.42. The SMILES string of the molecule is CC(C)(C)O.CCc1c(C)cc2cc(C=O)ccc2c1-c1ccc2c3c(ccnc13)CCO2.CN.O=CO. The third-order valence-electron chi connectivity index (χ3n) is 5.82. The molecule has 0 saturated carbocycles. The van der Waals surface area contributed by atoms with Crippen molar-refractivity contribution in [2.24, 2.45) is 5.73 Å². The topological polar surface area (TPSA) is 123 Å². The molecule has 3 aromatic carbocycles. The van der Waals surface area contributed by atoms with E-state index in [0.717, 1.165) is 52.1 Å². The van der Waals surface area contributed by atoms with Gasteiger partial charge in [-0.3, -0.25) is 14.6 Å². The first kappa shape index (κ1) is 30.4. The van der Waals surface area contributed by atoms with Gasteiger partial charge in [-0.05, 0) is 98.5 Å². The Hall–Kier alpha value is -3.81. The van der Waals surface area contributed by atoms with Gasteiger partial charge in [0.2, 0.25) is 0 Å². The molecule has 7 heteroatoms. The highest BCUT2D eigenvalue weighted by atomic mass is 16.5. The van der Waals surface area contributed by atoms with E-state index in [1.165, 1.54) is 29.3 Å². The fourth-order valence-corrected chi connectivity index (χ4v) is 4.55. The third-order valence-corrected chi connectivity index (χ3v) is 5.82. The number of pyridine rings is 1. The van der Waals surface area contributed by atoms with Crippen LogP contribution in [0, 0.1) is 6.92 Å². The van der Waals surface area contributed by atoms with Crippen molar-refractivity contribution < 1.29 is 24.5 Å². The lowest BCUT2D eigenvalue weighted by Crippen LogP contribution is -2.10. The number of fused-ring (bicyclic) bond motifs is 1. The highest BCUT2D eigenvalue weighted by Gasteiger charge is 2.20. The van der Waals surface area contributed by atoms with E-state index in [1.807, 2.05) is 18.3 Å². The van der Waals surface area contributed by atoms with Gasteiger partial charge in [0.15, 0.2) is 0 Å². The highest BCUT2D eigenvalue weighted by molar-refractivity contribution is 6.08. The zero-order valence-corrected chi connectivity index (χ0v) is 23.0. The van der Waals surface area contributed by atoms with Crippen molar-refractivity contribution in [1.29, 1.82) is 0 Å². The van der Waals surface area contributed by atoms with Gasteiger partial charge in [-0.25, -0.2) is 0 Å². The predicted octanol–water partition coefficient (Wildman–Crippen LogP) is 5.73. The lowest BCUT2D eigenvalue weighted by atomic mass is 9.86. The number of nitrogens with zero attached hydrogens (tertiary/aromatic N) is 1. The number of rotatable bonds is 3. The normalized spacial score (nSPS) is 11.6. The molecule has 0 saturated heterocycles. The average Bonchev–Trinajstić information content (AvgIpc) is 2.89. The third kappa shape index (κ3) is 7.15. The Labute approximate surface area is 224 Å². The van der Waals surface area contributed by atoms with Gasteiger partial charge in [-0.1, -0.05) is 25.1 Å². The summed E-state index contributed by atoms with van der Waals surface area (Å²) < 4.78 is 5.91. The molecule has 202 valence electrons. The molecular formula is C31H38N2O5. The van der Waals surface area contributed by atoms with Crippen molar-refractivity contribution in [3.05, 3.63) is 70.9 Å². The minimum atomic E-state index is -0.500. The van der Waals surface area contributed by atoms with Crippen LogP contribution >= 0.6 is 0 Å². The fourth-order valence-electron chi connectivity index (χ4n) is 4.55. The molecule has 38 heavy (non-hydrogen) atoms. The molecule has 2 heterocycles. The summed E-state index contributed by atoms with van der Waals surface area (Å²) in [6, 6.07) is 14.4. The second kappa shape index (κ2) is 13.7. The number of aromatic nitrogens is 1. The van der Waals surface area contributed by atoms with E-state index in [1.54, 1.807) is 20.8 Å². The molecule has 0 spiro atoms. The number of aliphatic hydroxyl groups is 1. The van der Waals surface area contributed by atoms with E-state index in [0.29, 0.717) is 12.2 Å². The molecule has 0 bridgehead atoms. The molecule has 4 N–H and O–H groups in total. The maximum atomic E-state index is 11.3. The van der Waals surface area contributed by atoms with Gasteiger partial charge in [0.1, 0.15) is 12.0 Å². The molecule has 0 atom stereocenters. The van der Waals surface area contributed by atoms with Crippen molar-refractivity contribution in [1.82, 2.24) is 4.98 Å². The molecule has 1 aromatic heterocycles. The van der Waals surface area contributed by atoms with Gasteiger partial charge in [0.05, 0.1) is 17.7 Å². The van der Waals surface area contributed by atoms with Gasteiger partial charge in [-0.2, -0.15) is 0 Å². The number of hydrogen-bond acceptors (Lipinski definition) is 6. The maximum Gasteiger partial charge on any atom is 0.290 e. The zero-order chi connectivity index (χ0) is 28.5. The van der Waals surface area contributed by atoms with Crippen LogP contribution in [0.25, 0.3) is 32.8 Å². The first-order chi connectivity index (χ1) is 18.1. The van der Waals surface area contributed by atoms with Crippen LogP contribution < -0.4 is 10.5 Å². The van der Waals surface area contributed by atoms with Crippen molar-refractivity contribution >= 4 is 34.4 Å². The molecule has 0 unspecified atom stereocenters. The summed E-state index contributed by atoms with van der Waals surface area (Å²) in [7, 11) is 1.50. The molecule has 4 aromatic rings. The monoisotopic (exact) mass is 518 g/mol. The predicted molar refractivity (Wildman–Crippen MR) is 154 cm³/mol. The zero-order valence-electron chi connectivity index (χ0n) is 23.0. The van der Waals surface area contributed by atoms with Gasteiger partial charge in [0, 0.05) is 29.1 Å². The minimum Gasteiger partial charge on any atom is -0.493 e. The van der Waals surface area contributed by atoms with Crippen molar-refractivity contribution in [3.63, 3.8) is 0 Å². The van der Waals surface area contributed by atoms with Crippen LogP contribution in [-0.2, 0) is 17.6 Å². The molecule has 5 rings (SSSR count). The van der Waals surface area contributed by atoms with E-state index in [-0.39, 0.29) is 6.47 Å². The first-order valence-corrected chi connectivity index (χ1v) is 12.6. The summed E-state index contributed by atoms with van der Waals surface area (Å²) in [4.78, 5) is 24.4. The van der Waals surface area contributed by atoms with Crippen LogP contribution in [0.1, 0.15) is 54.7 Å². The average molecular weight is 519 g/mol. The van der Waals surface area contributed by atoms with Crippen LogP contribution in [0.15, 0.2) is 48.7 Å². The lowest BCUT2D eigenvalue weighted by Gasteiger charge is -2.21. The van der Waals surface area contributed by atoms with Crippen molar-refractivity contribution in [2.75, 3.05) is 13.7 Å². The summed E-state index contributed by atoms with van der Waals surface area (Å²) in [6.07, 6.45) is 4.66. The number of nitrogens with two attached hydrogens (primary N) is 1. The molecule has 1 aliphatic heterocycles. The van der Waals surface area contributed by atoms with Gasteiger partial charge in [-0.15, -0.1) is 0 Å². The minimum absolute atomic E-state index is 0.250. The number of aldehydes is 1. The van der Waals surface area contributed by atoms with Gasteiger partial charge in [0.25, 0.3) is 6.47 Å². The van der Waals surface area contributed by atoms with Crippen LogP contribution in [0.5, 0.6) is 5.75 Å². The second-order valence-corrected chi connectivity index (χ2v) is 9.68. The largest absolute Gasteiger partial charge is 0.493 e. The fraction of sp³-hybridized carbons (Fsp3) is 0.323. The number of benzene rings is 3. The maximum absolute atomic E-state index is 11.3. The number of carbonyl (C=O) groups is 2. The number of hydrogen-bond donors (Lipinski definition) is 3. The van der Waals surface area contributed by atoms with Crippen LogP contribution in [0.4, 0.5) is 0 Å². The Morgan fingerprint density at radius 3 is 2.34 bits per heavy atom. The molecule has 0 amide bonds. The van der Waals surface area contributed by atoms with E-state index >= 15 is 0 Å². The Balaban J connectivity index is 0.000000443. The first-order valence-electron chi connectivity index (χ1n) is 12.6. The molecule has 0 radical (unpaired) electrons. The molecule has 0 aliphatic carbocycles. The summed E-state index contributed by atoms with van der Waals surface area (Å²) in [6.45, 7) is 10.0. The van der Waals surface area contributed by atoms with Crippen LogP contribution in [-0.4, -0.2) is 47.2 Å². The summed E-state index contributed by atoms with van der Waals surface area (Å²) in [5.41, 5.74) is 11.9. The molecule has 0 fully saturated rings. The van der Waals surface area contributed by atoms with Crippen molar-refractivity contribution in [3.8, 4) is 16.9 Å². The van der Waals surface area contributed by atoms with Gasteiger partial charge >= 0.3 is 0 Å². The Kier molecular flexibility index (Phi) is 10.9. The number of aryl methyl sites for hydroxylation is 1. The van der Waals surface area contributed by atoms with Gasteiger partial charge < -0.3 is 20.7 Å². The molecule has 1 aliphatic rings. The number of ether oxygens (including phenoxy) is 1. The second-order valence-electron chi connectivity index (χ2n) is 9.68. The quantitative estimate of drug-likeness (QED) is 0.296. The molecule has 7 nitrogen and oxygen atoms in total. The van der Waals surface area contributed by atoms with Crippen LogP contribution in [0.2, 0.25) is 0 Å². The summed E-state index contributed by atoms with van der Waals surface area (Å²) in [5, 5.41) is 18.8. The van der Waals surface area contributed by atoms with Crippen molar-refractivity contribution in [2.45, 2.75) is 53.1 Å². The number of carbonyl (C=O) groups excluding carboxylic acids is 1. The van der Waals surface area contributed by atoms with Crippen LogP contribution in [0.3, 0.4) is 0 Å². The Morgan fingerprint density at radius 2 is 1.74 bits per heavy atom.